The Kier molecular flexibility index (Phi) is 8.18. The van der Waals surface area contributed by atoms with E-state index in [1.165, 1.54) is 3.97 Å². The summed E-state index contributed by atoms with van der Waals surface area (Å²) in [6, 6.07) is 16.6. The number of fused-ring (bicyclic) bond motifs is 2. The van der Waals surface area contributed by atoms with Crippen molar-refractivity contribution in [2.24, 2.45) is 7.05 Å². The zero-order valence-corrected chi connectivity index (χ0v) is 27.5. The van der Waals surface area contributed by atoms with Gasteiger partial charge in [0.1, 0.15) is 5.82 Å². The summed E-state index contributed by atoms with van der Waals surface area (Å²) in [4.78, 5) is 22.9. The lowest BCUT2D eigenvalue weighted by Crippen LogP contribution is -2.48. The summed E-state index contributed by atoms with van der Waals surface area (Å²) in [5.41, 5.74) is 2.73. The first-order valence-corrected chi connectivity index (χ1v) is 17.9. The summed E-state index contributed by atoms with van der Waals surface area (Å²) < 4.78 is 42.4. The van der Waals surface area contributed by atoms with Crippen LogP contribution in [0.3, 0.4) is 0 Å². The molecule has 0 atom stereocenters. The topological polar surface area (TPSA) is 111 Å². The number of ether oxygens (including phenoxy) is 2. The molecule has 0 amide bonds. The Morgan fingerprint density at radius 1 is 0.809 bits per heavy atom. The monoisotopic (exact) mass is 656 g/mol. The van der Waals surface area contributed by atoms with Gasteiger partial charge in [0.25, 0.3) is 10.0 Å². The molecule has 0 spiro atoms. The van der Waals surface area contributed by atoms with Crippen molar-refractivity contribution in [2.75, 3.05) is 70.6 Å². The third kappa shape index (κ3) is 5.69. The number of hydrogen-bond donors (Lipinski definition) is 0. The van der Waals surface area contributed by atoms with Crippen LogP contribution in [-0.4, -0.2) is 113 Å². The third-order valence-corrected chi connectivity index (χ3v) is 11.5. The molecule has 0 N–H and O–H groups in total. The molecule has 246 valence electrons. The second-order valence-electron chi connectivity index (χ2n) is 12.6. The van der Waals surface area contributed by atoms with Crippen molar-refractivity contribution in [3.05, 3.63) is 66.6 Å². The number of nitrogens with zero attached hydrogens (tertiary/aromatic N) is 8. The van der Waals surface area contributed by atoms with Crippen LogP contribution in [0.15, 0.2) is 65.7 Å². The molecule has 0 aliphatic carbocycles. The lowest BCUT2D eigenvalue weighted by atomic mass is 10.0. The maximum Gasteiger partial charge on any atom is 0.268 e. The minimum Gasteiger partial charge on any atom is -0.379 e. The van der Waals surface area contributed by atoms with Crippen LogP contribution in [0.4, 0.5) is 5.82 Å². The van der Waals surface area contributed by atoms with Gasteiger partial charge in [-0.1, -0.05) is 36.4 Å². The lowest BCUT2D eigenvalue weighted by molar-refractivity contribution is -0.0000148. The Morgan fingerprint density at radius 3 is 2.23 bits per heavy atom. The van der Waals surface area contributed by atoms with E-state index in [0.29, 0.717) is 49.2 Å². The van der Waals surface area contributed by atoms with Gasteiger partial charge in [-0.05, 0) is 31.0 Å². The normalized spacial score (nSPS) is 19.2. The third-order valence-electron chi connectivity index (χ3n) is 9.81. The molecule has 3 aliphatic rings. The maximum atomic E-state index is 13.8. The van der Waals surface area contributed by atoms with Crippen LogP contribution < -0.4 is 4.90 Å². The number of aromatic nitrogens is 5. The first-order valence-electron chi connectivity index (χ1n) is 16.5. The first kappa shape index (κ1) is 30.5. The molecular formula is C34H40N8O4S. The van der Waals surface area contributed by atoms with Crippen LogP contribution in [0.5, 0.6) is 0 Å². The SMILES string of the molecule is Cn1c(CN2CCC(N3CCOCC3)CC2)nc2c(N3CCOCC3)nc(-c3cn(S(=O)(=O)c4ccccc4)c4ccccc34)nc21. The van der Waals surface area contributed by atoms with Crippen molar-refractivity contribution in [1.29, 1.82) is 0 Å². The fraction of sp³-hybridized carbons (Fsp3) is 0.441. The van der Waals surface area contributed by atoms with Gasteiger partial charge in [0, 0.05) is 69.5 Å². The highest BCUT2D eigenvalue weighted by Crippen LogP contribution is 2.35. The van der Waals surface area contributed by atoms with Gasteiger partial charge >= 0.3 is 0 Å². The van der Waals surface area contributed by atoms with Crippen LogP contribution in [0, 0.1) is 0 Å². The van der Waals surface area contributed by atoms with Crippen LogP contribution in [-0.2, 0) is 33.1 Å². The molecule has 0 bridgehead atoms. The van der Waals surface area contributed by atoms with Gasteiger partial charge in [-0.3, -0.25) is 9.80 Å². The number of benzene rings is 2. The maximum absolute atomic E-state index is 13.8. The molecule has 2 aromatic carbocycles. The number of anilines is 1. The number of para-hydroxylation sites is 1. The highest BCUT2D eigenvalue weighted by atomic mass is 32.2. The van der Waals surface area contributed by atoms with E-state index in [9.17, 15) is 8.42 Å². The van der Waals surface area contributed by atoms with Gasteiger partial charge in [0.05, 0.1) is 43.4 Å². The molecule has 8 rings (SSSR count). The van der Waals surface area contributed by atoms with E-state index in [0.717, 1.165) is 87.0 Å². The fourth-order valence-corrected chi connectivity index (χ4v) is 8.56. The Morgan fingerprint density at radius 2 is 1.49 bits per heavy atom. The molecule has 0 unspecified atom stereocenters. The molecule has 5 aromatic rings. The molecule has 12 nitrogen and oxygen atoms in total. The lowest BCUT2D eigenvalue weighted by Gasteiger charge is -2.39. The number of hydrogen-bond acceptors (Lipinski definition) is 10. The van der Waals surface area contributed by atoms with Crippen molar-refractivity contribution in [3.8, 4) is 11.4 Å². The van der Waals surface area contributed by atoms with Crippen molar-refractivity contribution in [3.63, 3.8) is 0 Å². The Bertz CT molecular complexity index is 1990. The minimum absolute atomic E-state index is 0.225. The van der Waals surface area contributed by atoms with E-state index >= 15 is 0 Å². The highest BCUT2D eigenvalue weighted by Gasteiger charge is 2.29. The number of rotatable bonds is 7. The Balaban J connectivity index is 1.18. The summed E-state index contributed by atoms with van der Waals surface area (Å²) >= 11 is 0. The van der Waals surface area contributed by atoms with Crippen LogP contribution in [0.25, 0.3) is 33.5 Å². The molecule has 0 saturated carbocycles. The van der Waals surface area contributed by atoms with E-state index in [1.54, 1.807) is 30.5 Å². The molecule has 3 saturated heterocycles. The van der Waals surface area contributed by atoms with Gasteiger partial charge in [-0.2, -0.15) is 0 Å². The highest BCUT2D eigenvalue weighted by molar-refractivity contribution is 7.90. The summed E-state index contributed by atoms with van der Waals surface area (Å²) in [5, 5.41) is 0.768. The van der Waals surface area contributed by atoms with Crippen LogP contribution >= 0.6 is 0 Å². The number of likely N-dealkylation sites (tertiary alicyclic amines) is 1. The molecular weight excluding hydrogens is 616 g/mol. The van der Waals surface area contributed by atoms with E-state index < -0.39 is 10.0 Å². The molecule has 6 heterocycles. The Labute approximate surface area is 274 Å². The van der Waals surface area contributed by atoms with Crippen molar-refractivity contribution >= 4 is 37.9 Å². The molecule has 0 radical (unpaired) electrons. The predicted molar refractivity (Wildman–Crippen MR) is 180 cm³/mol. The van der Waals surface area contributed by atoms with Gasteiger partial charge in [-0.25, -0.2) is 27.3 Å². The van der Waals surface area contributed by atoms with E-state index in [4.69, 9.17) is 24.4 Å². The number of imidazole rings is 1. The van der Waals surface area contributed by atoms with Gasteiger partial charge in [-0.15, -0.1) is 0 Å². The van der Waals surface area contributed by atoms with E-state index in [1.807, 2.05) is 37.4 Å². The zero-order valence-electron chi connectivity index (χ0n) is 26.7. The number of aryl methyl sites for hydroxylation is 1. The standard InChI is InChI=1S/C34H40N8O4S/c1-38-30(24-39-13-11-25(12-14-39)40-15-19-45-20-16-40)35-31-33(38)36-32(37-34(31)41-17-21-46-22-18-41)28-23-42(29-10-6-5-9-27(28)29)47(43,44)26-7-3-2-4-8-26/h2-10,23,25H,11-22,24H2,1H3. The van der Waals surface area contributed by atoms with Crippen molar-refractivity contribution < 1.29 is 17.9 Å². The minimum atomic E-state index is -3.86. The number of morpholine rings is 2. The molecule has 47 heavy (non-hydrogen) atoms. The average Bonchev–Trinajstić information content (AvgIpc) is 3.67. The van der Waals surface area contributed by atoms with Gasteiger partial charge in [0.15, 0.2) is 22.8 Å². The second kappa shape index (κ2) is 12.6. The summed E-state index contributed by atoms with van der Waals surface area (Å²) in [5.74, 6) is 2.17. The molecule has 3 aliphatic heterocycles. The van der Waals surface area contributed by atoms with Crippen molar-refractivity contribution in [2.45, 2.75) is 30.3 Å². The van der Waals surface area contributed by atoms with E-state index in [2.05, 4.69) is 19.3 Å². The zero-order chi connectivity index (χ0) is 32.0. The summed E-state index contributed by atoms with van der Waals surface area (Å²) in [6.45, 7) is 9.08. The number of piperidine rings is 1. The molecule has 13 heteroatoms. The van der Waals surface area contributed by atoms with Crippen LogP contribution in [0.2, 0.25) is 0 Å². The smallest absolute Gasteiger partial charge is 0.268 e. The quantitative estimate of drug-likeness (QED) is 0.259. The largest absolute Gasteiger partial charge is 0.379 e. The summed E-state index contributed by atoms with van der Waals surface area (Å²) in [6.07, 6.45) is 3.94. The van der Waals surface area contributed by atoms with Gasteiger partial charge < -0.3 is 18.9 Å². The molecule has 3 aromatic heterocycles. The van der Waals surface area contributed by atoms with Crippen molar-refractivity contribution in [1.82, 2.24) is 33.3 Å². The predicted octanol–water partition coefficient (Wildman–Crippen LogP) is 3.36. The van der Waals surface area contributed by atoms with Crippen LogP contribution in [0.1, 0.15) is 18.7 Å². The molecule has 3 fully saturated rings. The van der Waals surface area contributed by atoms with Gasteiger partial charge in [0.2, 0.25) is 0 Å². The summed E-state index contributed by atoms with van der Waals surface area (Å²) in [7, 11) is -1.83. The average molecular weight is 657 g/mol. The van der Waals surface area contributed by atoms with E-state index in [-0.39, 0.29) is 4.90 Å². The Hall–Kier alpha value is -3.88. The first-order chi connectivity index (χ1) is 23.0. The fourth-order valence-electron chi connectivity index (χ4n) is 7.17. The second-order valence-corrected chi connectivity index (χ2v) is 14.4.